The van der Waals surface area contributed by atoms with E-state index in [-0.39, 0.29) is 28.4 Å². The summed E-state index contributed by atoms with van der Waals surface area (Å²) in [6.45, 7) is 28.1. The van der Waals surface area contributed by atoms with Crippen LogP contribution in [0.1, 0.15) is 115 Å². The van der Waals surface area contributed by atoms with Crippen molar-refractivity contribution in [2.45, 2.75) is 118 Å². The van der Waals surface area contributed by atoms with Gasteiger partial charge in [-0.2, -0.15) is 0 Å². The Morgan fingerprint density at radius 1 is 0.550 bits per heavy atom. The first kappa shape index (κ1) is 38.7. The second kappa shape index (κ2) is 13.0. The van der Waals surface area contributed by atoms with Crippen LogP contribution in [0.15, 0.2) is 120 Å². The average Bonchev–Trinajstić information content (AvgIpc) is 3.56. The Morgan fingerprint density at radius 3 is 1.82 bits per heavy atom. The van der Waals surface area contributed by atoms with Crippen LogP contribution in [0.2, 0.25) is 0 Å². The van der Waals surface area contributed by atoms with Gasteiger partial charge in [-0.25, -0.2) is 0 Å². The number of anilines is 6. The minimum atomic E-state index is -0.0369. The minimum Gasteiger partial charge on any atom is -0.440 e. The van der Waals surface area contributed by atoms with Crippen LogP contribution in [0.4, 0.5) is 34.3 Å². The Hall–Kier alpha value is -5.48. The molecule has 0 atom stereocenters. The van der Waals surface area contributed by atoms with Crippen molar-refractivity contribution in [1.82, 2.24) is 0 Å². The van der Waals surface area contributed by atoms with Gasteiger partial charge in [-0.15, -0.1) is 0 Å². The van der Waals surface area contributed by atoms with E-state index in [9.17, 15) is 0 Å². The van der Waals surface area contributed by atoms with Crippen molar-refractivity contribution < 1.29 is 4.42 Å². The van der Waals surface area contributed by atoms with Gasteiger partial charge in [-0.1, -0.05) is 135 Å². The molecule has 302 valence electrons. The van der Waals surface area contributed by atoms with Crippen molar-refractivity contribution in [1.29, 1.82) is 0 Å². The fourth-order valence-electron chi connectivity index (χ4n) is 10.5. The SMILES string of the molecule is Cc1cc2c3c(c1)N(c1ccc(C(C)(C)C)cc1-c1ccccc1)c1oc4ccc(C)cc4c1B3c1cc3c(cc1N2c1ccc(C(C)(C)C)cc1)C(C)(C)CCC3(C)C. The van der Waals surface area contributed by atoms with Crippen LogP contribution in [-0.2, 0) is 21.7 Å². The van der Waals surface area contributed by atoms with Crippen molar-refractivity contribution in [3.63, 3.8) is 0 Å². The molecule has 0 fully saturated rings. The number of hydrogen-bond acceptors (Lipinski definition) is 3. The summed E-state index contributed by atoms with van der Waals surface area (Å²) in [6, 6.07) is 44.2. The van der Waals surface area contributed by atoms with E-state index in [0.717, 1.165) is 30.0 Å². The van der Waals surface area contributed by atoms with E-state index < -0.39 is 0 Å². The first-order chi connectivity index (χ1) is 28.3. The van der Waals surface area contributed by atoms with E-state index in [4.69, 9.17) is 4.42 Å². The molecule has 10 rings (SSSR count). The lowest BCUT2D eigenvalue weighted by Crippen LogP contribution is -2.61. The predicted octanol–water partition coefficient (Wildman–Crippen LogP) is 13.7. The maximum Gasteiger partial charge on any atom is 0.257 e. The fraction of sp³-hybridized carbons (Fsp3) is 0.321. The molecule has 3 nitrogen and oxygen atoms in total. The largest absolute Gasteiger partial charge is 0.440 e. The van der Waals surface area contributed by atoms with Gasteiger partial charge < -0.3 is 9.32 Å². The highest BCUT2D eigenvalue weighted by atomic mass is 16.4. The lowest BCUT2D eigenvalue weighted by atomic mass is 9.33. The minimum absolute atomic E-state index is 0.0200. The molecule has 0 saturated heterocycles. The third-order valence-electron chi connectivity index (χ3n) is 14.1. The van der Waals surface area contributed by atoms with Crippen molar-refractivity contribution in [3.8, 4) is 11.1 Å². The molecule has 0 amide bonds. The molecule has 1 aliphatic carbocycles. The number of nitrogens with zero attached hydrogens (tertiary/aromatic N) is 2. The van der Waals surface area contributed by atoms with Gasteiger partial charge in [0.25, 0.3) is 6.71 Å². The number of rotatable bonds is 3. The number of benzene rings is 6. The Kier molecular flexibility index (Phi) is 8.40. The summed E-state index contributed by atoms with van der Waals surface area (Å²) in [5, 5.41) is 1.19. The quantitative estimate of drug-likeness (QED) is 0.166. The molecule has 6 aromatic carbocycles. The van der Waals surface area contributed by atoms with Crippen LogP contribution >= 0.6 is 0 Å². The van der Waals surface area contributed by atoms with E-state index in [1.54, 1.807) is 0 Å². The maximum absolute atomic E-state index is 7.26. The molecule has 0 N–H and O–H groups in total. The number of hydrogen-bond donors (Lipinski definition) is 0. The van der Waals surface area contributed by atoms with Gasteiger partial charge in [-0.05, 0) is 147 Å². The summed E-state index contributed by atoms with van der Waals surface area (Å²) in [5.74, 6) is 0.914. The van der Waals surface area contributed by atoms with Crippen LogP contribution in [0.5, 0.6) is 0 Å². The first-order valence-electron chi connectivity index (χ1n) is 22.1. The molecule has 60 heavy (non-hydrogen) atoms. The summed E-state index contributed by atoms with van der Waals surface area (Å²) >= 11 is 0. The Labute approximate surface area is 358 Å². The zero-order chi connectivity index (χ0) is 42.3. The molecule has 0 spiro atoms. The van der Waals surface area contributed by atoms with E-state index in [1.165, 1.54) is 89.0 Å². The molecule has 4 heteroatoms. The zero-order valence-corrected chi connectivity index (χ0v) is 37.8. The molecule has 0 bridgehead atoms. The average molecular weight is 787 g/mol. The number of aryl methyl sites for hydroxylation is 2. The predicted molar refractivity (Wildman–Crippen MR) is 258 cm³/mol. The lowest BCUT2D eigenvalue weighted by Gasteiger charge is -2.47. The van der Waals surface area contributed by atoms with Gasteiger partial charge in [0.2, 0.25) is 5.88 Å². The molecule has 0 radical (unpaired) electrons. The molecule has 0 saturated carbocycles. The zero-order valence-electron chi connectivity index (χ0n) is 37.8. The third-order valence-corrected chi connectivity index (χ3v) is 14.1. The van der Waals surface area contributed by atoms with Gasteiger partial charge in [0.05, 0.1) is 5.69 Å². The highest BCUT2D eigenvalue weighted by Gasteiger charge is 2.49. The van der Waals surface area contributed by atoms with Crippen molar-refractivity contribution in [2.75, 3.05) is 9.80 Å². The summed E-state index contributed by atoms with van der Waals surface area (Å²) in [7, 11) is 0. The Balaban J connectivity index is 1.34. The van der Waals surface area contributed by atoms with Gasteiger partial charge in [0.1, 0.15) is 5.58 Å². The van der Waals surface area contributed by atoms with Gasteiger partial charge in [0.15, 0.2) is 0 Å². The van der Waals surface area contributed by atoms with E-state index in [0.29, 0.717) is 0 Å². The van der Waals surface area contributed by atoms with Crippen LogP contribution in [0.3, 0.4) is 0 Å². The molecular formula is C56H59BN2O. The normalized spacial score (nSPS) is 16.4. The van der Waals surface area contributed by atoms with Crippen LogP contribution in [0, 0.1) is 13.8 Å². The maximum atomic E-state index is 7.26. The van der Waals surface area contributed by atoms with Gasteiger partial charge in [0, 0.05) is 39.2 Å². The van der Waals surface area contributed by atoms with E-state index in [1.807, 2.05) is 0 Å². The monoisotopic (exact) mass is 786 g/mol. The smallest absolute Gasteiger partial charge is 0.257 e. The van der Waals surface area contributed by atoms with E-state index in [2.05, 4.69) is 208 Å². The molecular weight excluding hydrogens is 727 g/mol. The fourth-order valence-corrected chi connectivity index (χ4v) is 10.5. The van der Waals surface area contributed by atoms with Crippen LogP contribution in [-0.4, -0.2) is 6.71 Å². The Bertz CT molecular complexity index is 2860. The van der Waals surface area contributed by atoms with Crippen molar-refractivity contribution in [3.05, 3.63) is 149 Å². The summed E-state index contributed by atoms with van der Waals surface area (Å²) in [4.78, 5) is 5.07. The second-order valence-electron chi connectivity index (χ2n) is 21.5. The topological polar surface area (TPSA) is 19.6 Å². The summed E-state index contributed by atoms with van der Waals surface area (Å²) in [6.07, 6.45) is 2.33. The number of fused-ring (bicyclic) bond motifs is 7. The molecule has 3 heterocycles. The van der Waals surface area contributed by atoms with Gasteiger partial charge in [-0.3, -0.25) is 4.90 Å². The van der Waals surface area contributed by atoms with Crippen molar-refractivity contribution in [2.24, 2.45) is 0 Å². The summed E-state index contributed by atoms with van der Waals surface area (Å²) in [5.41, 5.74) is 21.4. The van der Waals surface area contributed by atoms with Crippen molar-refractivity contribution >= 4 is 68.4 Å². The molecule has 2 aliphatic heterocycles. The molecule has 0 unspecified atom stereocenters. The summed E-state index contributed by atoms with van der Waals surface area (Å²) < 4.78 is 7.26. The molecule has 7 aromatic rings. The highest BCUT2D eigenvalue weighted by molar-refractivity contribution is 7.01. The van der Waals surface area contributed by atoms with Gasteiger partial charge >= 0.3 is 0 Å². The Morgan fingerprint density at radius 2 is 1.17 bits per heavy atom. The standard InChI is InChI=1S/C56H59BN2O/c1-34-18-25-49-41(28-34)50-52(60-49)59(45-24-21-38(54(6,7)8)31-40(45)36-16-14-13-15-17-36)48-30-35(2)29-47-51(48)57(50)44-32-42-43(56(11,12)27-26-55(42,9)10)33-46(44)58(47)39-22-19-37(20-23-39)53(3,4)5/h13-25,28-33H,26-27H2,1-12H3. The lowest BCUT2D eigenvalue weighted by molar-refractivity contribution is 0.332. The number of furan rings is 1. The van der Waals surface area contributed by atoms with Crippen LogP contribution < -0.4 is 26.2 Å². The van der Waals surface area contributed by atoms with Crippen LogP contribution in [0.25, 0.3) is 22.1 Å². The highest BCUT2D eigenvalue weighted by Crippen LogP contribution is 2.52. The molecule has 1 aromatic heterocycles. The first-order valence-corrected chi connectivity index (χ1v) is 22.1. The van der Waals surface area contributed by atoms with E-state index >= 15 is 0 Å². The third kappa shape index (κ3) is 5.92. The molecule has 3 aliphatic rings. The second-order valence-corrected chi connectivity index (χ2v) is 21.5.